The van der Waals surface area contributed by atoms with Crippen LogP contribution in [-0.4, -0.2) is 24.4 Å². The van der Waals surface area contributed by atoms with Crippen molar-refractivity contribution in [2.24, 2.45) is 0 Å². The first-order valence-electron chi connectivity index (χ1n) is 5.58. The molecule has 0 saturated carbocycles. The number of unbranched alkanes of at least 4 members (excludes halogenated alkanes) is 1. The molecule has 0 bridgehead atoms. The molecule has 5 heteroatoms. The van der Waals surface area contributed by atoms with Crippen LogP contribution in [0.3, 0.4) is 0 Å². The van der Waals surface area contributed by atoms with Crippen LogP contribution >= 0.6 is 15.9 Å². The molecule has 94 valence electrons. The van der Waals surface area contributed by atoms with Crippen molar-refractivity contribution < 1.29 is 9.63 Å². The van der Waals surface area contributed by atoms with E-state index in [1.54, 1.807) is 0 Å². The van der Waals surface area contributed by atoms with Crippen LogP contribution in [0.15, 0.2) is 30.3 Å². The largest absolute Gasteiger partial charge is 0.355 e. The fourth-order valence-electron chi connectivity index (χ4n) is 1.21. The van der Waals surface area contributed by atoms with E-state index in [1.165, 1.54) is 0 Å². The van der Waals surface area contributed by atoms with Gasteiger partial charge in [0.25, 0.3) is 0 Å². The fraction of sp³-hybridized carbons (Fsp3) is 0.417. The first-order valence-corrected chi connectivity index (χ1v) is 6.70. The summed E-state index contributed by atoms with van der Waals surface area (Å²) in [6.07, 6.45) is 1.82. The van der Waals surface area contributed by atoms with Crippen molar-refractivity contribution >= 4 is 27.5 Å². The number of carbonyl (C=O) groups excluding carboxylic acids is 1. The van der Waals surface area contributed by atoms with Crippen molar-refractivity contribution in [2.75, 3.05) is 24.0 Å². The lowest BCUT2D eigenvalue weighted by Gasteiger charge is -2.06. The van der Waals surface area contributed by atoms with Gasteiger partial charge in [-0.1, -0.05) is 34.1 Å². The number of hydrogen-bond donors (Lipinski definition) is 2. The lowest BCUT2D eigenvalue weighted by atomic mass is 10.3. The second-order valence-corrected chi connectivity index (χ2v) is 4.07. The van der Waals surface area contributed by atoms with Gasteiger partial charge in [0.1, 0.15) is 0 Å². The summed E-state index contributed by atoms with van der Waals surface area (Å²) < 4.78 is 0. The molecule has 0 radical (unpaired) electrons. The third-order valence-electron chi connectivity index (χ3n) is 2.08. The van der Waals surface area contributed by atoms with E-state index in [0.29, 0.717) is 18.5 Å². The SMILES string of the molecule is O=C(CBr)NCCCCONc1ccccc1. The summed E-state index contributed by atoms with van der Waals surface area (Å²) in [5.41, 5.74) is 3.81. The maximum absolute atomic E-state index is 10.9. The fourth-order valence-corrected chi connectivity index (χ4v) is 1.41. The molecule has 0 aliphatic heterocycles. The summed E-state index contributed by atoms with van der Waals surface area (Å²) in [5, 5.41) is 3.14. The number of hydrogen-bond acceptors (Lipinski definition) is 3. The summed E-state index contributed by atoms with van der Waals surface area (Å²) in [4.78, 5) is 16.2. The molecule has 1 amide bonds. The van der Waals surface area contributed by atoms with Crippen LogP contribution in [0, 0.1) is 0 Å². The van der Waals surface area contributed by atoms with Gasteiger partial charge < -0.3 is 5.32 Å². The van der Waals surface area contributed by atoms with Crippen molar-refractivity contribution in [1.82, 2.24) is 5.32 Å². The lowest BCUT2D eigenvalue weighted by molar-refractivity contribution is -0.118. The van der Waals surface area contributed by atoms with Crippen LogP contribution < -0.4 is 10.8 Å². The molecule has 0 fully saturated rings. The van der Waals surface area contributed by atoms with Gasteiger partial charge in [-0.2, -0.15) is 0 Å². The molecule has 0 aliphatic rings. The van der Waals surface area contributed by atoms with Crippen molar-refractivity contribution in [3.63, 3.8) is 0 Å². The molecule has 0 atom stereocenters. The Labute approximate surface area is 110 Å². The van der Waals surface area contributed by atoms with Crippen LogP contribution in [-0.2, 0) is 9.63 Å². The number of para-hydroxylation sites is 1. The van der Waals surface area contributed by atoms with Gasteiger partial charge in [0.2, 0.25) is 5.91 Å². The van der Waals surface area contributed by atoms with Crippen LogP contribution in [0.5, 0.6) is 0 Å². The summed E-state index contributed by atoms with van der Waals surface area (Å²) >= 11 is 3.09. The Morgan fingerprint density at radius 3 is 2.71 bits per heavy atom. The van der Waals surface area contributed by atoms with E-state index in [-0.39, 0.29) is 5.91 Å². The molecule has 1 aromatic carbocycles. The standard InChI is InChI=1S/C12H17BrN2O2/c13-10-12(16)14-8-4-5-9-17-15-11-6-2-1-3-7-11/h1-3,6-7,15H,4-5,8-10H2,(H,14,16). The van der Waals surface area contributed by atoms with E-state index in [4.69, 9.17) is 4.84 Å². The Hall–Kier alpha value is -1.07. The number of rotatable bonds is 8. The maximum Gasteiger partial charge on any atom is 0.230 e. The van der Waals surface area contributed by atoms with Gasteiger partial charge in [0, 0.05) is 6.54 Å². The number of carbonyl (C=O) groups is 1. The Bertz CT molecular complexity index is 320. The van der Waals surface area contributed by atoms with Crippen LogP contribution in [0.2, 0.25) is 0 Å². The van der Waals surface area contributed by atoms with E-state index in [9.17, 15) is 4.79 Å². The molecule has 2 N–H and O–H groups in total. The number of alkyl halides is 1. The third kappa shape index (κ3) is 6.97. The zero-order valence-corrected chi connectivity index (χ0v) is 11.2. The van der Waals surface area contributed by atoms with Crippen molar-refractivity contribution in [3.05, 3.63) is 30.3 Å². The molecule has 1 rings (SSSR count). The highest BCUT2D eigenvalue weighted by molar-refractivity contribution is 9.09. The van der Waals surface area contributed by atoms with Gasteiger partial charge in [0.15, 0.2) is 0 Å². The maximum atomic E-state index is 10.9. The molecular weight excluding hydrogens is 284 g/mol. The van der Waals surface area contributed by atoms with Crippen LogP contribution in [0.4, 0.5) is 5.69 Å². The van der Waals surface area contributed by atoms with Gasteiger partial charge in [0.05, 0.1) is 17.6 Å². The first kappa shape index (κ1) is 14.0. The predicted molar refractivity (Wildman–Crippen MR) is 72.1 cm³/mol. The number of benzene rings is 1. The molecule has 0 aliphatic carbocycles. The molecule has 0 unspecified atom stereocenters. The second kappa shape index (κ2) is 9.01. The van der Waals surface area contributed by atoms with E-state index >= 15 is 0 Å². The molecule has 0 aromatic heterocycles. The summed E-state index contributed by atoms with van der Waals surface area (Å²) in [6.45, 7) is 1.32. The summed E-state index contributed by atoms with van der Waals surface area (Å²) in [7, 11) is 0. The zero-order valence-electron chi connectivity index (χ0n) is 9.62. The van der Waals surface area contributed by atoms with Gasteiger partial charge >= 0.3 is 0 Å². The molecule has 17 heavy (non-hydrogen) atoms. The van der Waals surface area contributed by atoms with E-state index in [2.05, 4.69) is 26.7 Å². The van der Waals surface area contributed by atoms with Crippen molar-refractivity contribution in [2.45, 2.75) is 12.8 Å². The van der Waals surface area contributed by atoms with Crippen molar-refractivity contribution in [3.8, 4) is 0 Å². The number of halogens is 1. The van der Waals surface area contributed by atoms with Gasteiger partial charge in [-0.25, -0.2) is 0 Å². The van der Waals surface area contributed by atoms with E-state index in [1.807, 2.05) is 30.3 Å². The monoisotopic (exact) mass is 300 g/mol. The molecule has 0 heterocycles. The minimum atomic E-state index is 0.0216. The average molecular weight is 301 g/mol. The smallest absolute Gasteiger partial charge is 0.230 e. The van der Waals surface area contributed by atoms with E-state index < -0.39 is 0 Å². The second-order valence-electron chi connectivity index (χ2n) is 3.51. The molecule has 4 nitrogen and oxygen atoms in total. The molecular formula is C12H17BrN2O2. The average Bonchev–Trinajstić information content (AvgIpc) is 2.38. The number of anilines is 1. The third-order valence-corrected chi connectivity index (χ3v) is 2.59. The first-order chi connectivity index (χ1) is 8.33. The van der Waals surface area contributed by atoms with Crippen LogP contribution in [0.1, 0.15) is 12.8 Å². The highest BCUT2D eigenvalue weighted by atomic mass is 79.9. The molecule has 0 spiro atoms. The Balaban J connectivity index is 1.93. The normalized spacial score (nSPS) is 9.94. The van der Waals surface area contributed by atoms with Crippen molar-refractivity contribution in [1.29, 1.82) is 0 Å². The van der Waals surface area contributed by atoms with Gasteiger partial charge in [-0.15, -0.1) is 0 Å². The Kier molecular flexibility index (Phi) is 7.42. The zero-order chi connectivity index (χ0) is 12.3. The highest BCUT2D eigenvalue weighted by Crippen LogP contribution is 2.04. The van der Waals surface area contributed by atoms with Gasteiger partial charge in [-0.3, -0.25) is 15.1 Å². The number of nitrogens with one attached hydrogen (secondary N) is 2. The van der Waals surface area contributed by atoms with E-state index in [0.717, 1.165) is 18.5 Å². The molecule has 1 aromatic rings. The highest BCUT2D eigenvalue weighted by Gasteiger charge is 1.96. The quantitative estimate of drug-likeness (QED) is 0.440. The topological polar surface area (TPSA) is 50.4 Å². The minimum Gasteiger partial charge on any atom is -0.355 e. The van der Waals surface area contributed by atoms with Gasteiger partial charge in [-0.05, 0) is 25.0 Å². The minimum absolute atomic E-state index is 0.0216. The Morgan fingerprint density at radius 1 is 1.24 bits per heavy atom. The molecule has 0 saturated heterocycles. The predicted octanol–water partition coefficient (Wildman–Crippen LogP) is 2.32. The lowest BCUT2D eigenvalue weighted by Crippen LogP contribution is -2.25. The van der Waals surface area contributed by atoms with Crippen LogP contribution in [0.25, 0.3) is 0 Å². The number of amides is 1. The summed E-state index contributed by atoms with van der Waals surface area (Å²) in [6, 6.07) is 9.73. The summed E-state index contributed by atoms with van der Waals surface area (Å²) in [5.74, 6) is 0.0216. The Morgan fingerprint density at radius 2 is 2.00 bits per heavy atom.